The van der Waals surface area contributed by atoms with Crippen LogP contribution >= 0.6 is 0 Å². The lowest BCUT2D eigenvalue weighted by Crippen LogP contribution is -2.03. The third kappa shape index (κ3) is 2.70. The smallest absolute Gasteiger partial charge is 0.343 e. The van der Waals surface area contributed by atoms with Gasteiger partial charge in [0.25, 0.3) is 0 Å². The van der Waals surface area contributed by atoms with Crippen molar-refractivity contribution in [1.82, 2.24) is 19.7 Å². The molecule has 0 aliphatic heterocycles. The van der Waals surface area contributed by atoms with Gasteiger partial charge in [0.1, 0.15) is 5.56 Å². The van der Waals surface area contributed by atoms with Gasteiger partial charge < -0.3 is 21.9 Å². The molecule has 0 spiro atoms. The Labute approximate surface area is 118 Å². The van der Waals surface area contributed by atoms with E-state index in [1.54, 1.807) is 7.05 Å². The summed E-state index contributed by atoms with van der Waals surface area (Å²) in [5.41, 5.74) is 16.9. The van der Waals surface area contributed by atoms with E-state index in [1.165, 1.54) is 18.0 Å². The fraction of sp³-hybridized carbons (Fsp3) is 0.200. The number of nitrogens with two attached hydrogens (primary N) is 3. The minimum atomic E-state index is -0.591. The molecule has 0 amide bonds. The van der Waals surface area contributed by atoms with Crippen LogP contribution in [0.5, 0.6) is 0 Å². The first kappa shape index (κ1) is 14.2. The molecule has 0 unspecified atom stereocenters. The van der Waals surface area contributed by atoms with E-state index >= 15 is 0 Å². The number of methoxy groups -OCH3 is 1. The van der Waals surface area contributed by atoms with E-state index in [1.807, 2.05) is 0 Å². The Bertz CT molecular complexity index is 698. The molecule has 2 aromatic heterocycles. The van der Waals surface area contributed by atoms with Crippen molar-refractivity contribution in [1.29, 1.82) is 0 Å². The van der Waals surface area contributed by atoms with Crippen LogP contribution in [0.1, 0.15) is 10.4 Å². The summed E-state index contributed by atoms with van der Waals surface area (Å²) in [4.78, 5) is 19.0. The number of nitrogen functional groups attached to an aromatic ring is 3. The lowest BCUT2D eigenvalue weighted by Gasteiger charge is -2.03. The largest absolute Gasteiger partial charge is 0.465 e. The van der Waals surface area contributed by atoms with Gasteiger partial charge in [-0.2, -0.15) is 15.1 Å². The molecule has 0 saturated heterocycles. The highest BCUT2D eigenvalue weighted by Gasteiger charge is 2.17. The van der Waals surface area contributed by atoms with E-state index < -0.39 is 5.97 Å². The normalized spacial score (nSPS) is 11.0. The molecular formula is C10H13N9O2. The molecule has 0 saturated carbocycles. The molecule has 0 radical (unpaired) electrons. The first-order chi connectivity index (χ1) is 9.93. The minimum absolute atomic E-state index is 0.0227. The number of ether oxygens (including phenoxy) is 1. The standard InChI is InChI=1S/C10H13N9O2/c1-19-8(4(3-14-19)9(20)21-2)18-17-5-6(11)15-10(13)16-7(5)12/h3H,1-2H3,(H6,11,12,13,15,16). The van der Waals surface area contributed by atoms with Crippen molar-refractivity contribution in [3.05, 3.63) is 11.8 Å². The van der Waals surface area contributed by atoms with Crippen molar-refractivity contribution in [3.63, 3.8) is 0 Å². The first-order valence-electron chi connectivity index (χ1n) is 5.64. The molecular weight excluding hydrogens is 278 g/mol. The van der Waals surface area contributed by atoms with Gasteiger partial charge in [-0.05, 0) is 0 Å². The molecule has 0 bridgehead atoms. The van der Waals surface area contributed by atoms with Crippen molar-refractivity contribution < 1.29 is 9.53 Å². The second kappa shape index (κ2) is 5.40. The molecule has 2 rings (SSSR count). The summed E-state index contributed by atoms with van der Waals surface area (Å²) in [7, 11) is 2.84. The third-order valence-electron chi connectivity index (χ3n) is 2.51. The second-order valence-corrected chi connectivity index (χ2v) is 3.90. The zero-order chi connectivity index (χ0) is 15.6. The first-order valence-corrected chi connectivity index (χ1v) is 5.64. The van der Waals surface area contributed by atoms with E-state index in [-0.39, 0.29) is 34.7 Å². The minimum Gasteiger partial charge on any atom is -0.465 e. The average Bonchev–Trinajstić information content (AvgIpc) is 2.78. The van der Waals surface area contributed by atoms with Crippen LogP contribution in [-0.4, -0.2) is 32.8 Å². The number of azo groups is 1. The monoisotopic (exact) mass is 291 g/mol. The van der Waals surface area contributed by atoms with Gasteiger partial charge in [0.2, 0.25) is 5.95 Å². The fourth-order valence-electron chi connectivity index (χ4n) is 1.51. The maximum absolute atomic E-state index is 11.6. The van der Waals surface area contributed by atoms with Gasteiger partial charge >= 0.3 is 5.97 Å². The van der Waals surface area contributed by atoms with Gasteiger partial charge in [0.05, 0.1) is 13.3 Å². The van der Waals surface area contributed by atoms with Crippen LogP contribution < -0.4 is 17.2 Å². The van der Waals surface area contributed by atoms with E-state index in [2.05, 4.69) is 30.0 Å². The number of rotatable bonds is 3. The van der Waals surface area contributed by atoms with Gasteiger partial charge in [-0.1, -0.05) is 0 Å². The molecule has 0 fully saturated rings. The van der Waals surface area contributed by atoms with Gasteiger partial charge in [0, 0.05) is 7.05 Å². The highest BCUT2D eigenvalue weighted by Crippen LogP contribution is 2.29. The number of nitrogens with zero attached hydrogens (tertiary/aromatic N) is 6. The molecule has 110 valence electrons. The third-order valence-corrected chi connectivity index (χ3v) is 2.51. The lowest BCUT2D eigenvalue weighted by atomic mass is 10.3. The van der Waals surface area contributed by atoms with Gasteiger partial charge in [-0.25, -0.2) is 9.48 Å². The molecule has 6 N–H and O–H groups in total. The van der Waals surface area contributed by atoms with Crippen LogP contribution in [0.4, 0.5) is 29.1 Å². The van der Waals surface area contributed by atoms with Gasteiger partial charge in [-0.3, -0.25) is 0 Å². The number of aromatic nitrogens is 4. The zero-order valence-corrected chi connectivity index (χ0v) is 11.3. The molecule has 0 aliphatic rings. The van der Waals surface area contributed by atoms with Gasteiger partial charge in [-0.15, -0.1) is 10.2 Å². The summed E-state index contributed by atoms with van der Waals surface area (Å²) in [6, 6.07) is 0. The Morgan fingerprint density at radius 2 is 1.86 bits per heavy atom. The Morgan fingerprint density at radius 3 is 2.43 bits per heavy atom. The van der Waals surface area contributed by atoms with Crippen molar-refractivity contribution in [2.24, 2.45) is 17.3 Å². The molecule has 11 nitrogen and oxygen atoms in total. The van der Waals surface area contributed by atoms with E-state index in [0.717, 1.165) is 0 Å². The molecule has 0 aromatic carbocycles. The summed E-state index contributed by atoms with van der Waals surface area (Å²) >= 11 is 0. The van der Waals surface area contributed by atoms with Crippen LogP contribution in [0.25, 0.3) is 0 Å². The summed E-state index contributed by atoms with van der Waals surface area (Å²) in [5.74, 6) is -0.528. The zero-order valence-electron chi connectivity index (χ0n) is 11.3. The van der Waals surface area contributed by atoms with Crippen LogP contribution in [0.2, 0.25) is 0 Å². The Hall–Kier alpha value is -3.24. The Balaban J connectivity index is 2.43. The predicted molar refractivity (Wildman–Crippen MR) is 74.0 cm³/mol. The molecule has 21 heavy (non-hydrogen) atoms. The van der Waals surface area contributed by atoms with Gasteiger partial charge in [0.15, 0.2) is 23.1 Å². The van der Waals surface area contributed by atoms with E-state index in [4.69, 9.17) is 17.2 Å². The van der Waals surface area contributed by atoms with Crippen molar-refractivity contribution >= 4 is 35.1 Å². The van der Waals surface area contributed by atoms with E-state index in [0.29, 0.717) is 0 Å². The highest BCUT2D eigenvalue weighted by atomic mass is 16.5. The van der Waals surface area contributed by atoms with Crippen molar-refractivity contribution in [3.8, 4) is 0 Å². The quantitative estimate of drug-likeness (QED) is 0.529. The van der Waals surface area contributed by atoms with Crippen molar-refractivity contribution in [2.45, 2.75) is 0 Å². The number of carbonyl (C=O) groups excluding carboxylic acids is 1. The summed E-state index contributed by atoms with van der Waals surface area (Å²) in [5, 5.41) is 11.7. The predicted octanol–water partition coefficient (Wildman–Crippen LogP) is 0.159. The van der Waals surface area contributed by atoms with Crippen LogP contribution in [0, 0.1) is 0 Å². The summed E-state index contributed by atoms with van der Waals surface area (Å²) in [6.07, 6.45) is 1.31. The maximum Gasteiger partial charge on any atom is 0.343 e. The fourth-order valence-corrected chi connectivity index (χ4v) is 1.51. The number of hydrogen-bond acceptors (Lipinski definition) is 10. The Kier molecular flexibility index (Phi) is 3.65. The molecule has 0 aliphatic carbocycles. The number of aryl methyl sites for hydroxylation is 1. The SMILES string of the molecule is COC(=O)c1cnn(C)c1N=Nc1c(N)nc(N)nc1N. The van der Waals surface area contributed by atoms with Crippen LogP contribution in [-0.2, 0) is 11.8 Å². The summed E-state index contributed by atoms with van der Waals surface area (Å²) < 4.78 is 5.97. The van der Waals surface area contributed by atoms with Crippen molar-refractivity contribution in [2.75, 3.05) is 24.3 Å². The molecule has 0 atom stereocenters. The number of esters is 1. The molecule has 11 heteroatoms. The maximum atomic E-state index is 11.6. The highest BCUT2D eigenvalue weighted by molar-refractivity contribution is 5.93. The Morgan fingerprint density at radius 1 is 1.24 bits per heavy atom. The number of carbonyl (C=O) groups is 1. The second-order valence-electron chi connectivity index (χ2n) is 3.90. The topological polar surface area (TPSA) is 173 Å². The number of anilines is 3. The summed E-state index contributed by atoms with van der Waals surface area (Å²) in [6.45, 7) is 0. The van der Waals surface area contributed by atoms with Crippen LogP contribution in [0.15, 0.2) is 16.4 Å². The average molecular weight is 291 g/mol. The lowest BCUT2D eigenvalue weighted by molar-refractivity contribution is 0.0601. The number of hydrogen-bond donors (Lipinski definition) is 3. The van der Waals surface area contributed by atoms with Crippen LogP contribution in [0.3, 0.4) is 0 Å². The van der Waals surface area contributed by atoms with E-state index in [9.17, 15) is 4.79 Å². The molecule has 2 aromatic rings. The molecule has 2 heterocycles.